The number of hydrogen-bond donors (Lipinski definition) is 1. The Balaban J connectivity index is 1.67. The van der Waals surface area contributed by atoms with E-state index in [1.54, 1.807) is 18.2 Å². The van der Waals surface area contributed by atoms with E-state index in [9.17, 15) is 14.0 Å². The summed E-state index contributed by atoms with van der Waals surface area (Å²) in [5, 5.41) is 2.32. The summed E-state index contributed by atoms with van der Waals surface area (Å²) in [7, 11) is 0. The van der Waals surface area contributed by atoms with Crippen LogP contribution in [0.1, 0.15) is 22.8 Å². The molecule has 0 radical (unpaired) electrons. The lowest BCUT2D eigenvalue weighted by Gasteiger charge is -2.18. The standard InChI is InChI=1S/C18H16FNO5/c1-11(21)20-15-9-13(3-4-14(15)19)18(22)25-10-12-2-5-16-17(8-12)24-7-6-23-16/h2-5,8-9H,6-7,10H2,1H3,(H,20,21). The third-order valence-electron chi connectivity index (χ3n) is 3.49. The molecule has 0 saturated heterocycles. The maximum Gasteiger partial charge on any atom is 0.338 e. The first-order valence-electron chi connectivity index (χ1n) is 7.66. The van der Waals surface area contributed by atoms with E-state index >= 15 is 0 Å². The second-order valence-electron chi connectivity index (χ2n) is 5.43. The summed E-state index contributed by atoms with van der Waals surface area (Å²) in [6.45, 7) is 2.26. The first-order valence-corrected chi connectivity index (χ1v) is 7.66. The number of carbonyl (C=O) groups excluding carboxylic acids is 2. The zero-order valence-electron chi connectivity index (χ0n) is 13.5. The zero-order chi connectivity index (χ0) is 17.8. The Kier molecular flexibility index (Phi) is 4.83. The molecule has 3 rings (SSSR count). The van der Waals surface area contributed by atoms with Crippen LogP contribution in [0.2, 0.25) is 0 Å². The van der Waals surface area contributed by atoms with Crippen molar-refractivity contribution in [1.29, 1.82) is 0 Å². The predicted octanol–water partition coefficient (Wildman–Crippen LogP) is 2.91. The molecule has 1 aliphatic rings. The average molecular weight is 345 g/mol. The molecule has 6 nitrogen and oxygen atoms in total. The molecule has 0 spiro atoms. The van der Waals surface area contributed by atoms with Crippen molar-refractivity contribution < 1.29 is 28.2 Å². The highest BCUT2D eigenvalue weighted by Crippen LogP contribution is 2.31. The van der Waals surface area contributed by atoms with Crippen molar-refractivity contribution in [2.75, 3.05) is 18.5 Å². The van der Waals surface area contributed by atoms with Gasteiger partial charge >= 0.3 is 5.97 Å². The summed E-state index contributed by atoms with van der Waals surface area (Å²) >= 11 is 0. The molecule has 0 saturated carbocycles. The van der Waals surface area contributed by atoms with E-state index in [1.165, 1.54) is 19.1 Å². The molecule has 1 amide bonds. The fourth-order valence-corrected chi connectivity index (χ4v) is 2.35. The van der Waals surface area contributed by atoms with E-state index in [1.807, 2.05) is 0 Å². The molecule has 0 atom stereocenters. The fraction of sp³-hybridized carbons (Fsp3) is 0.222. The van der Waals surface area contributed by atoms with E-state index in [0.717, 1.165) is 11.6 Å². The maximum absolute atomic E-state index is 13.6. The van der Waals surface area contributed by atoms with Crippen LogP contribution in [0, 0.1) is 5.82 Å². The first kappa shape index (κ1) is 16.8. The second kappa shape index (κ2) is 7.21. The van der Waals surface area contributed by atoms with Gasteiger partial charge in [-0.3, -0.25) is 4.79 Å². The highest BCUT2D eigenvalue weighted by Gasteiger charge is 2.14. The number of halogens is 1. The van der Waals surface area contributed by atoms with E-state index < -0.39 is 17.7 Å². The highest BCUT2D eigenvalue weighted by atomic mass is 19.1. The van der Waals surface area contributed by atoms with Gasteiger partial charge in [-0.1, -0.05) is 6.07 Å². The molecule has 2 aromatic rings. The molecular weight excluding hydrogens is 329 g/mol. The Morgan fingerprint density at radius 2 is 1.88 bits per heavy atom. The van der Waals surface area contributed by atoms with Gasteiger partial charge in [0, 0.05) is 6.92 Å². The third kappa shape index (κ3) is 4.06. The summed E-state index contributed by atoms with van der Waals surface area (Å²) < 4.78 is 29.7. The maximum atomic E-state index is 13.6. The van der Waals surface area contributed by atoms with Gasteiger partial charge < -0.3 is 19.5 Å². The molecule has 1 N–H and O–H groups in total. The van der Waals surface area contributed by atoms with Gasteiger partial charge in [0.05, 0.1) is 11.3 Å². The van der Waals surface area contributed by atoms with Gasteiger partial charge in [0.15, 0.2) is 11.5 Å². The van der Waals surface area contributed by atoms with Gasteiger partial charge in [-0.25, -0.2) is 9.18 Å². The van der Waals surface area contributed by atoms with Crippen LogP contribution in [0.3, 0.4) is 0 Å². The highest BCUT2D eigenvalue weighted by molar-refractivity contribution is 5.93. The van der Waals surface area contributed by atoms with E-state index in [4.69, 9.17) is 14.2 Å². The summed E-state index contributed by atoms with van der Waals surface area (Å²) in [6, 6.07) is 8.91. The van der Waals surface area contributed by atoms with Crippen LogP contribution in [-0.2, 0) is 16.1 Å². The fourth-order valence-electron chi connectivity index (χ4n) is 2.35. The minimum atomic E-state index is -0.626. The van der Waals surface area contributed by atoms with E-state index in [2.05, 4.69) is 5.32 Å². The molecule has 0 fully saturated rings. The molecule has 1 aliphatic heterocycles. The third-order valence-corrected chi connectivity index (χ3v) is 3.49. The molecule has 0 aromatic heterocycles. The number of esters is 1. The number of ether oxygens (including phenoxy) is 3. The molecule has 1 heterocycles. The predicted molar refractivity (Wildman–Crippen MR) is 87.3 cm³/mol. The number of rotatable bonds is 4. The van der Waals surface area contributed by atoms with Gasteiger partial charge in [-0.05, 0) is 35.9 Å². The van der Waals surface area contributed by atoms with Crippen LogP contribution in [0.15, 0.2) is 36.4 Å². The normalized spacial score (nSPS) is 12.4. The SMILES string of the molecule is CC(=O)Nc1cc(C(=O)OCc2ccc3c(c2)OCCO3)ccc1F. The van der Waals surface area contributed by atoms with Crippen molar-refractivity contribution in [3.05, 3.63) is 53.3 Å². The van der Waals surface area contributed by atoms with E-state index in [-0.39, 0.29) is 17.9 Å². The zero-order valence-corrected chi connectivity index (χ0v) is 13.5. The number of hydrogen-bond acceptors (Lipinski definition) is 5. The molecule has 25 heavy (non-hydrogen) atoms. The van der Waals surface area contributed by atoms with Crippen LogP contribution < -0.4 is 14.8 Å². The second-order valence-corrected chi connectivity index (χ2v) is 5.43. The lowest BCUT2D eigenvalue weighted by molar-refractivity contribution is -0.114. The number of carbonyl (C=O) groups is 2. The Labute approximate surface area is 143 Å². The van der Waals surface area contributed by atoms with Crippen LogP contribution in [0.25, 0.3) is 0 Å². The quantitative estimate of drug-likeness (QED) is 0.863. The smallest absolute Gasteiger partial charge is 0.338 e. The average Bonchev–Trinajstić information content (AvgIpc) is 2.61. The van der Waals surface area contributed by atoms with Crippen molar-refractivity contribution >= 4 is 17.6 Å². The van der Waals surface area contributed by atoms with Crippen molar-refractivity contribution in [3.63, 3.8) is 0 Å². The largest absolute Gasteiger partial charge is 0.486 e. The molecule has 2 aromatic carbocycles. The molecule has 130 valence electrons. The minimum absolute atomic E-state index is 0.0301. The lowest BCUT2D eigenvalue weighted by atomic mass is 10.2. The Morgan fingerprint density at radius 1 is 1.12 bits per heavy atom. The van der Waals surface area contributed by atoms with Gasteiger partial charge in [-0.2, -0.15) is 0 Å². The molecule has 7 heteroatoms. The monoisotopic (exact) mass is 345 g/mol. The van der Waals surface area contributed by atoms with Crippen molar-refractivity contribution in [2.45, 2.75) is 13.5 Å². The number of amides is 1. The summed E-state index contributed by atoms with van der Waals surface area (Å²) in [4.78, 5) is 23.2. The molecular formula is C18H16FNO5. The van der Waals surface area contributed by atoms with Crippen LogP contribution in [0.5, 0.6) is 11.5 Å². The molecule has 0 aliphatic carbocycles. The first-order chi connectivity index (χ1) is 12.0. The van der Waals surface area contributed by atoms with Gasteiger partial charge in [0.1, 0.15) is 25.6 Å². The Bertz CT molecular complexity index is 821. The number of nitrogens with one attached hydrogen (secondary N) is 1. The van der Waals surface area contributed by atoms with E-state index in [0.29, 0.717) is 24.7 Å². The van der Waals surface area contributed by atoms with Gasteiger partial charge in [0.25, 0.3) is 0 Å². The number of fused-ring (bicyclic) bond motifs is 1. The molecule has 0 bridgehead atoms. The number of anilines is 1. The summed E-state index contributed by atoms with van der Waals surface area (Å²) in [6.07, 6.45) is 0. The summed E-state index contributed by atoms with van der Waals surface area (Å²) in [5.74, 6) is -0.421. The summed E-state index contributed by atoms with van der Waals surface area (Å²) in [5.41, 5.74) is 0.811. The topological polar surface area (TPSA) is 73.9 Å². The molecule has 0 unspecified atom stereocenters. The van der Waals surface area contributed by atoms with Crippen LogP contribution in [0.4, 0.5) is 10.1 Å². The van der Waals surface area contributed by atoms with Gasteiger partial charge in [-0.15, -0.1) is 0 Å². The minimum Gasteiger partial charge on any atom is -0.486 e. The van der Waals surface area contributed by atoms with Gasteiger partial charge in [0.2, 0.25) is 5.91 Å². The van der Waals surface area contributed by atoms with Crippen LogP contribution in [-0.4, -0.2) is 25.1 Å². The van der Waals surface area contributed by atoms with Crippen molar-refractivity contribution in [2.24, 2.45) is 0 Å². The Hall–Kier alpha value is -3.09. The number of benzene rings is 2. The van der Waals surface area contributed by atoms with Crippen LogP contribution >= 0.6 is 0 Å². The Morgan fingerprint density at radius 3 is 2.64 bits per heavy atom. The lowest BCUT2D eigenvalue weighted by Crippen LogP contribution is -2.15. The van der Waals surface area contributed by atoms with Crippen molar-refractivity contribution in [1.82, 2.24) is 0 Å². The van der Waals surface area contributed by atoms with Crippen molar-refractivity contribution in [3.8, 4) is 11.5 Å².